The van der Waals surface area contributed by atoms with E-state index >= 15 is 0 Å². The Morgan fingerprint density at radius 3 is 2.67 bits per heavy atom. The summed E-state index contributed by atoms with van der Waals surface area (Å²) >= 11 is 0. The summed E-state index contributed by atoms with van der Waals surface area (Å²) in [6.45, 7) is 6.07. The lowest BCUT2D eigenvalue weighted by Gasteiger charge is -2.22. The van der Waals surface area contributed by atoms with Crippen LogP contribution in [0.2, 0.25) is 0 Å². The van der Waals surface area contributed by atoms with Crippen LogP contribution in [0.25, 0.3) is 11.0 Å². The maximum absolute atomic E-state index is 13.4. The number of anilines is 1. The molecule has 0 radical (unpaired) electrons. The summed E-state index contributed by atoms with van der Waals surface area (Å²) in [6.07, 6.45) is 0.729. The third-order valence-electron chi connectivity index (χ3n) is 4.82. The zero-order valence-corrected chi connectivity index (χ0v) is 18.0. The van der Waals surface area contributed by atoms with Crippen molar-refractivity contribution in [2.45, 2.75) is 27.2 Å². The van der Waals surface area contributed by atoms with Gasteiger partial charge >= 0.3 is 0 Å². The van der Waals surface area contributed by atoms with E-state index in [9.17, 15) is 9.59 Å². The van der Waals surface area contributed by atoms with Crippen molar-refractivity contribution in [2.24, 2.45) is 7.05 Å². The van der Waals surface area contributed by atoms with Crippen molar-refractivity contribution in [1.82, 2.24) is 19.7 Å². The molecule has 0 saturated carbocycles. The van der Waals surface area contributed by atoms with Crippen LogP contribution in [0.4, 0.5) is 5.69 Å². The van der Waals surface area contributed by atoms with E-state index in [1.165, 1.54) is 0 Å². The van der Waals surface area contributed by atoms with E-state index < -0.39 is 0 Å². The molecule has 0 aliphatic carbocycles. The third-order valence-corrected chi connectivity index (χ3v) is 4.82. The van der Waals surface area contributed by atoms with Crippen molar-refractivity contribution < 1.29 is 14.3 Å². The van der Waals surface area contributed by atoms with Crippen LogP contribution in [-0.4, -0.2) is 51.7 Å². The molecule has 1 N–H and O–H groups in total. The quantitative estimate of drug-likeness (QED) is 0.648. The molecule has 0 atom stereocenters. The summed E-state index contributed by atoms with van der Waals surface area (Å²) in [4.78, 5) is 32.2. The highest BCUT2D eigenvalue weighted by atomic mass is 16.5. The summed E-state index contributed by atoms with van der Waals surface area (Å²) in [7, 11) is 3.35. The van der Waals surface area contributed by atoms with Crippen LogP contribution in [0.3, 0.4) is 0 Å². The molecule has 3 rings (SSSR count). The van der Waals surface area contributed by atoms with Gasteiger partial charge in [-0.05, 0) is 38.5 Å². The number of amides is 2. The largest absolute Gasteiger partial charge is 0.495 e. The van der Waals surface area contributed by atoms with Crippen molar-refractivity contribution in [3.8, 4) is 5.75 Å². The van der Waals surface area contributed by atoms with Crippen molar-refractivity contribution in [3.05, 3.63) is 47.3 Å². The van der Waals surface area contributed by atoms with Crippen LogP contribution >= 0.6 is 0 Å². The average Bonchev–Trinajstić information content (AvgIpc) is 3.00. The van der Waals surface area contributed by atoms with Gasteiger partial charge in [-0.1, -0.05) is 19.1 Å². The minimum Gasteiger partial charge on any atom is -0.495 e. The van der Waals surface area contributed by atoms with Crippen LogP contribution in [0.1, 0.15) is 35.1 Å². The molecule has 0 unspecified atom stereocenters. The number of carbonyl (C=O) groups is 2. The Hall–Kier alpha value is -3.42. The third kappa shape index (κ3) is 4.27. The van der Waals surface area contributed by atoms with Gasteiger partial charge in [-0.2, -0.15) is 5.10 Å². The Bertz CT molecular complexity index is 1090. The fraction of sp³-hybridized carbons (Fsp3) is 0.364. The minimum atomic E-state index is -0.286. The molecule has 0 fully saturated rings. The topological polar surface area (TPSA) is 89.3 Å². The number of hydrogen-bond acceptors (Lipinski definition) is 5. The smallest absolute Gasteiger partial charge is 0.255 e. The lowest BCUT2D eigenvalue weighted by Crippen LogP contribution is -2.38. The van der Waals surface area contributed by atoms with E-state index in [0.29, 0.717) is 29.2 Å². The van der Waals surface area contributed by atoms with Gasteiger partial charge in [-0.25, -0.2) is 4.98 Å². The monoisotopic (exact) mass is 409 g/mol. The van der Waals surface area contributed by atoms with E-state index in [2.05, 4.69) is 15.4 Å². The zero-order valence-electron chi connectivity index (χ0n) is 18.0. The zero-order chi connectivity index (χ0) is 21.8. The summed E-state index contributed by atoms with van der Waals surface area (Å²) in [5.41, 5.74) is 3.20. The first-order valence-corrected chi connectivity index (χ1v) is 9.88. The number of ether oxygens (including phenoxy) is 1. The minimum absolute atomic E-state index is 0.0626. The first-order chi connectivity index (χ1) is 14.3. The number of rotatable bonds is 7. The fourth-order valence-electron chi connectivity index (χ4n) is 3.54. The summed E-state index contributed by atoms with van der Waals surface area (Å²) in [5.74, 6) is 0.0709. The molecule has 2 aromatic heterocycles. The number of nitrogens with zero attached hydrogens (tertiary/aromatic N) is 4. The number of nitrogens with one attached hydrogen (secondary N) is 1. The highest BCUT2D eigenvalue weighted by Gasteiger charge is 2.24. The molecule has 8 nitrogen and oxygen atoms in total. The number of aromatic nitrogens is 3. The first kappa shape index (κ1) is 21.3. The van der Waals surface area contributed by atoms with Gasteiger partial charge in [0.25, 0.3) is 5.91 Å². The van der Waals surface area contributed by atoms with Crippen LogP contribution in [0.5, 0.6) is 5.75 Å². The number of pyridine rings is 1. The van der Waals surface area contributed by atoms with Gasteiger partial charge < -0.3 is 15.0 Å². The van der Waals surface area contributed by atoms with E-state index in [1.807, 2.05) is 32.9 Å². The Labute approximate surface area is 175 Å². The summed E-state index contributed by atoms with van der Waals surface area (Å²) < 4.78 is 6.95. The molecule has 158 valence electrons. The van der Waals surface area contributed by atoms with Crippen molar-refractivity contribution >= 4 is 28.5 Å². The molecule has 1 aromatic carbocycles. The molecule has 2 heterocycles. The second-order valence-corrected chi connectivity index (χ2v) is 7.19. The molecule has 2 amide bonds. The molecule has 0 spiro atoms. The highest BCUT2D eigenvalue weighted by molar-refractivity contribution is 6.08. The molecule has 0 bridgehead atoms. The normalized spacial score (nSPS) is 10.8. The molecule has 0 aliphatic rings. The van der Waals surface area contributed by atoms with Crippen LogP contribution in [-0.2, 0) is 11.8 Å². The lowest BCUT2D eigenvalue weighted by molar-refractivity contribution is -0.116. The maximum Gasteiger partial charge on any atom is 0.255 e. The van der Waals surface area contributed by atoms with Crippen LogP contribution < -0.4 is 10.1 Å². The number of aryl methyl sites for hydroxylation is 3. The van der Waals surface area contributed by atoms with E-state index in [1.54, 1.807) is 41.9 Å². The van der Waals surface area contributed by atoms with Gasteiger partial charge in [-0.3, -0.25) is 14.3 Å². The first-order valence-electron chi connectivity index (χ1n) is 9.88. The number of benzene rings is 1. The SMILES string of the molecule is CCCN(CC(=O)Nc1ccccc1OC)C(=O)c1cc(C)nc2c1c(C)nn2C. The molecule has 0 aliphatic heterocycles. The van der Waals surface area contributed by atoms with Crippen LogP contribution in [0, 0.1) is 13.8 Å². The van der Waals surface area contributed by atoms with Gasteiger partial charge in [-0.15, -0.1) is 0 Å². The number of carbonyl (C=O) groups excluding carboxylic acids is 2. The Morgan fingerprint density at radius 2 is 1.97 bits per heavy atom. The Balaban J connectivity index is 1.89. The standard InChI is InChI=1S/C22H27N5O3/c1-6-11-27(13-19(28)24-17-9-7-8-10-18(17)30-5)22(29)16-12-14(2)23-21-20(16)15(3)25-26(21)4/h7-10,12H,6,11,13H2,1-5H3,(H,24,28). The molecule has 30 heavy (non-hydrogen) atoms. The van der Waals surface area contributed by atoms with Crippen molar-refractivity contribution in [3.63, 3.8) is 0 Å². The Kier molecular flexibility index (Phi) is 6.34. The van der Waals surface area contributed by atoms with Gasteiger partial charge in [0.15, 0.2) is 5.65 Å². The fourth-order valence-corrected chi connectivity index (χ4v) is 3.54. The van der Waals surface area contributed by atoms with Gasteiger partial charge in [0.05, 0.1) is 29.4 Å². The van der Waals surface area contributed by atoms with E-state index in [4.69, 9.17) is 4.74 Å². The average molecular weight is 409 g/mol. The molecule has 3 aromatic rings. The second-order valence-electron chi connectivity index (χ2n) is 7.19. The number of hydrogen-bond donors (Lipinski definition) is 1. The predicted octanol–water partition coefficient (Wildman–Crippen LogP) is 3.08. The van der Waals surface area contributed by atoms with Gasteiger partial charge in [0.2, 0.25) is 5.91 Å². The highest BCUT2D eigenvalue weighted by Crippen LogP contribution is 2.24. The van der Waals surface area contributed by atoms with Crippen molar-refractivity contribution in [1.29, 1.82) is 0 Å². The van der Waals surface area contributed by atoms with Crippen molar-refractivity contribution in [2.75, 3.05) is 25.5 Å². The number of methoxy groups -OCH3 is 1. The summed E-state index contributed by atoms with van der Waals surface area (Å²) in [6, 6.07) is 8.94. The maximum atomic E-state index is 13.4. The van der Waals surface area contributed by atoms with E-state index in [0.717, 1.165) is 23.2 Å². The predicted molar refractivity (Wildman–Crippen MR) is 116 cm³/mol. The van der Waals surface area contributed by atoms with Gasteiger partial charge in [0.1, 0.15) is 12.3 Å². The van der Waals surface area contributed by atoms with Gasteiger partial charge in [0, 0.05) is 19.3 Å². The van der Waals surface area contributed by atoms with E-state index in [-0.39, 0.29) is 18.4 Å². The molecule has 8 heteroatoms. The number of para-hydroxylation sites is 2. The van der Waals surface area contributed by atoms with Crippen LogP contribution in [0.15, 0.2) is 30.3 Å². The second kappa shape index (κ2) is 8.94. The molecule has 0 saturated heterocycles. The molecular weight excluding hydrogens is 382 g/mol. The molecular formula is C22H27N5O3. The number of fused-ring (bicyclic) bond motifs is 1. The summed E-state index contributed by atoms with van der Waals surface area (Å²) in [5, 5.41) is 7.96. The lowest BCUT2D eigenvalue weighted by atomic mass is 10.1. The Morgan fingerprint density at radius 1 is 1.23 bits per heavy atom.